The number of thiophene rings is 1. The van der Waals surface area contributed by atoms with Crippen LogP contribution in [0.25, 0.3) is 0 Å². The first kappa shape index (κ1) is 13.0. The Morgan fingerprint density at radius 1 is 1.62 bits per heavy atom. The van der Waals surface area contributed by atoms with Crippen LogP contribution in [0, 0.1) is 16.5 Å². The summed E-state index contributed by atoms with van der Waals surface area (Å²) in [6, 6.07) is 3.12. The fourth-order valence-electron chi connectivity index (χ4n) is 0.785. The zero-order valence-electron chi connectivity index (χ0n) is 9.15. The standard InChI is InChI=1S/C10H11FN2OS2/c1-10(2,3)16(14)13-6-8-4-7(5-12)9(11)15-8/h4,6H,1-3H3/b13-6+/t16-/m0/s1. The smallest absolute Gasteiger partial charge is 0.194 e. The second-order valence-corrected chi connectivity index (χ2v) is 7.01. The van der Waals surface area contributed by atoms with E-state index in [1.807, 2.05) is 0 Å². The molecule has 0 fully saturated rings. The monoisotopic (exact) mass is 258 g/mol. The molecule has 0 aliphatic rings. The third-order valence-electron chi connectivity index (χ3n) is 1.63. The molecule has 0 aliphatic heterocycles. The van der Waals surface area contributed by atoms with Crippen LogP contribution >= 0.6 is 11.3 Å². The van der Waals surface area contributed by atoms with Gasteiger partial charge < -0.3 is 0 Å². The molecule has 0 radical (unpaired) electrons. The third-order valence-corrected chi connectivity index (χ3v) is 3.83. The summed E-state index contributed by atoms with van der Waals surface area (Å²) >= 11 is 0.819. The van der Waals surface area contributed by atoms with E-state index in [0.717, 1.165) is 11.3 Å². The van der Waals surface area contributed by atoms with Crippen molar-refractivity contribution in [3.8, 4) is 6.07 Å². The third kappa shape index (κ3) is 3.22. The van der Waals surface area contributed by atoms with E-state index in [2.05, 4.69) is 4.40 Å². The van der Waals surface area contributed by atoms with Crippen LogP contribution in [-0.2, 0) is 11.0 Å². The van der Waals surface area contributed by atoms with Crippen molar-refractivity contribution in [2.24, 2.45) is 4.40 Å². The van der Waals surface area contributed by atoms with E-state index in [1.54, 1.807) is 26.8 Å². The van der Waals surface area contributed by atoms with E-state index in [-0.39, 0.29) is 5.56 Å². The van der Waals surface area contributed by atoms with E-state index in [9.17, 15) is 8.60 Å². The van der Waals surface area contributed by atoms with Crippen LogP contribution in [0.4, 0.5) is 4.39 Å². The lowest BCUT2D eigenvalue weighted by molar-refractivity contribution is 0.651. The highest BCUT2D eigenvalue weighted by atomic mass is 32.2. The molecule has 86 valence electrons. The highest BCUT2D eigenvalue weighted by Crippen LogP contribution is 2.19. The topological polar surface area (TPSA) is 53.2 Å². The zero-order chi connectivity index (χ0) is 12.3. The Kier molecular flexibility index (Phi) is 3.94. The second kappa shape index (κ2) is 4.85. The van der Waals surface area contributed by atoms with Gasteiger partial charge in [-0.1, -0.05) is 0 Å². The number of nitrogens with zero attached hydrogens (tertiary/aromatic N) is 2. The molecule has 6 heteroatoms. The van der Waals surface area contributed by atoms with E-state index in [4.69, 9.17) is 5.26 Å². The molecular weight excluding hydrogens is 247 g/mol. The summed E-state index contributed by atoms with van der Waals surface area (Å²) in [5, 5.41) is 8.01. The van der Waals surface area contributed by atoms with Gasteiger partial charge in [0.25, 0.3) is 0 Å². The maximum atomic E-state index is 13.0. The molecule has 0 saturated heterocycles. The van der Waals surface area contributed by atoms with Gasteiger partial charge >= 0.3 is 0 Å². The summed E-state index contributed by atoms with van der Waals surface area (Å²) in [4.78, 5) is 0.492. The summed E-state index contributed by atoms with van der Waals surface area (Å²) in [6.45, 7) is 5.41. The van der Waals surface area contributed by atoms with E-state index in [0.29, 0.717) is 4.88 Å². The highest BCUT2D eigenvalue weighted by Gasteiger charge is 2.18. The number of nitriles is 1. The summed E-state index contributed by atoms with van der Waals surface area (Å²) in [7, 11) is -1.37. The summed E-state index contributed by atoms with van der Waals surface area (Å²) in [5.74, 6) is 0. The average molecular weight is 258 g/mol. The van der Waals surface area contributed by atoms with Crippen LogP contribution < -0.4 is 0 Å². The quantitative estimate of drug-likeness (QED) is 0.766. The van der Waals surface area contributed by atoms with E-state index in [1.165, 1.54) is 12.3 Å². The van der Waals surface area contributed by atoms with Crippen LogP contribution in [0.5, 0.6) is 0 Å². The Bertz CT molecular complexity index is 480. The summed E-state index contributed by atoms with van der Waals surface area (Å²) in [6.07, 6.45) is 1.34. The molecule has 0 amide bonds. The molecule has 0 aromatic carbocycles. The average Bonchev–Trinajstić information content (AvgIpc) is 2.54. The van der Waals surface area contributed by atoms with Crippen molar-refractivity contribution in [3.63, 3.8) is 0 Å². The zero-order valence-corrected chi connectivity index (χ0v) is 10.8. The van der Waals surface area contributed by atoms with Crippen LogP contribution in [0.2, 0.25) is 0 Å². The maximum Gasteiger partial charge on any atom is 0.194 e. The van der Waals surface area contributed by atoms with Crippen LogP contribution in [0.15, 0.2) is 10.5 Å². The predicted octanol–water partition coefficient (Wildman–Crippen LogP) is 2.64. The lowest BCUT2D eigenvalue weighted by atomic mass is 10.3. The van der Waals surface area contributed by atoms with Crippen molar-refractivity contribution in [2.75, 3.05) is 0 Å². The molecule has 0 spiro atoms. The van der Waals surface area contributed by atoms with Crippen molar-refractivity contribution in [1.29, 1.82) is 5.26 Å². The number of rotatable bonds is 2. The molecule has 1 atom stereocenters. The first-order chi connectivity index (χ1) is 7.34. The molecule has 1 aromatic heterocycles. The number of halogens is 1. The Balaban J connectivity index is 2.86. The van der Waals surface area contributed by atoms with E-state index >= 15 is 0 Å². The molecule has 0 saturated carbocycles. The van der Waals surface area contributed by atoms with Gasteiger partial charge in [-0.2, -0.15) is 14.1 Å². The number of hydrogen-bond donors (Lipinski definition) is 0. The Morgan fingerprint density at radius 2 is 2.25 bits per heavy atom. The summed E-state index contributed by atoms with van der Waals surface area (Å²) < 4.78 is 28.0. The minimum atomic E-state index is -1.37. The number of hydrogen-bond acceptors (Lipinski definition) is 3. The van der Waals surface area contributed by atoms with Gasteiger partial charge in [0, 0.05) is 0 Å². The van der Waals surface area contributed by atoms with Crippen molar-refractivity contribution >= 4 is 28.5 Å². The van der Waals surface area contributed by atoms with E-state index < -0.39 is 20.9 Å². The largest absolute Gasteiger partial charge is 0.234 e. The molecule has 1 rings (SSSR count). The van der Waals surface area contributed by atoms with Crippen LogP contribution in [0.3, 0.4) is 0 Å². The van der Waals surface area contributed by atoms with Gasteiger partial charge in [0.1, 0.15) is 17.1 Å². The van der Waals surface area contributed by atoms with Gasteiger partial charge in [-0.3, -0.25) is 0 Å². The van der Waals surface area contributed by atoms with Crippen molar-refractivity contribution in [3.05, 3.63) is 21.6 Å². The van der Waals surface area contributed by atoms with Gasteiger partial charge in [-0.15, -0.1) is 11.3 Å². The predicted molar refractivity (Wildman–Crippen MR) is 64.5 cm³/mol. The highest BCUT2D eigenvalue weighted by molar-refractivity contribution is 7.85. The fraction of sp³-hybridized carbons (Fsp3) is 0.400. The lowest BCUT2D eigenvalue weighted by Crippen LogP contribution is -2.19. The maximum absolute atomic E-state index is 13.0. The molecule has 1 heterocycles. The molecule has 0 aliphatic carbocycles. The van der Waals surface area contributed by atoms with Gasteiger partial charge in [-0.05, 0) is 26.8 Å². The first-order valence-corrected chi connectivity index (χ1v) is 6.42. The van der Waals surface area contributed by atoms with Gasteiger partial charge in [0.05, 0.1) is 21.4 Å². The van der Waals surface area contributed by atoms with Crippen LogP contribution in [0.1, 0.15) is 31.2 Å². The van der Waals surface area contributed by atoms with Crippen molar-refractivity contribution < 1.29 is 8.60 Å². The minimum Gasteiger partial charge on any atom is -0.234 e. The SMILES string of the molecule is CC(C)(C)[S@](=O)/N=C/c1cc(C#N)c(F)s1. The lowest BCUT2D eigenvalue weighted by Gasteiger charge is -2.12. The molecule has 1 aromatic rings. The Labute approximate surface area is 100 Å². The van der Waals surface area contributed by atoms with Crippen molar-refractivity contribution in [2.45, 2.75) is 25.5 Å². The fourth-order valence-corrected chi connectivity index (χ4v) is 2.08. The molecular formula is C10H11FN2OS2. The Hall–Kier alpha value is -1.06. The minimum absolute atomic E-state index is 0.00649. The molecule has 3 nitrogen and oxygen atoms in total. The first-order valence-electron chi connectivity index (χ1n) is 4.50. The Morgan fingerprint density at radius 3 is 2.69 bits per heavy atom. The van der Waals surface area contributed by atoms with Gasteiger partial charge in [0.2, 0.25) is 0 Å². The molecule has 16 heavy (non-hydrogen) atoms. The molecule has 0 bridgehead atoms. The normalized spacial score (nSPS) is 13.9. The van der Waals surface area contributed by atoms with Gasteiger partial charge in [-0.25, -0.2) is 4.21 Å². The van der Waals surface area contributed by atoms with Gasteiger partial charge in [0.15, 0.2) is 5.13 Å². The van der Waals surface area contributed by atoms with Crippen molar-refractivity contribution in [1.82, 2.24) is 0 Å². The summed E-state index contributed by atoms with van der Waals surface area (Å²) in [5.41, 5.74) is -0.00649. The van der Waals surface area contributed by atoms with Crippen LogP contribution in [-0.4, -0.2) is 15.2 Å². The molecule has 0 unspecified atom stereocenters. The molecule has 0 N–H and O–H groups in total. The second-order valence-electron chi connectivity index (χ2n) is 4.04.